The number of piperidine rings is 1. The highest BCUT2D eigenvalue weighted by Gasteiger charge is 2.36. The second-order valence-corrected chi connectivity index (χ2v) is 13.3. The number of benzene rings is 2. The highest BCUT2D eigenvalue weighted by Crippen LogP contribution is 2.38. The van der Waals surface area contributed by atoms with Gasteiger partial charge in [-0.15, -0.1) is 0 Å². The first-order chi connectivity index (χ1) is 22.5. The van der Waals surface area contributed by atoms with E-state index in [0.717, 1.165) is 79.4 Å². The molecule has 4 aromatic rings. The number of hydrogen-bond donors (Lipinski definition) is 1. The lowest BCUT2D eigenvalue weighted by atomic mass is 9.82. The lowest BCUT2D eigenvalue weighted by Gasteiger charge is -2.37. The van der Waals surface area contributed by atoms with Crippen molar-refractivity contribution in [2.75, 3.05) is 39.5 Å². The number of aromatic nitrogens is 3. The van der Waals surface area contributed by atoms with E-state index in [4.69, 9.17) is 40.5 Å². The van der Waals surface area contributed by atoms with Gasteiger partial charge in [0.25, 0.3) is 0 Å². The zero-order chi connectivity index (χ0) is 31.2. The van der Waals surface area contributed by atoms with E-state index in [-0.39, 0.29) is 23.5 Å². The van der Waals surface area contributed by atoms with E-state index in [9.17, 15) is 9.90 Å². The van der Waals surface area contributed by atoms with E-state index >= 15 is 0 Å². The number of carboxylic acids is 1. The first-order valence-electron chi connectivity index (χ1n) is 16.1. The summed E-state index contributed by atoms with van der Waals surface area (Å²) in [6.45, 7) is 6.91. The fraction of sp³-hybridized carbons (Fsp3) is 0.457. The zero-order valence-corrected chi connectivity index (χ0v) is 26.3. The molecular weight excluding hydrogens is 608 g/mol. The molecule has 1 N–H and O–H groups in total. The molecule has 6 heterocycles. The summed E-state index contributed by atoms with van der Waals surface area (Å²) < 4.78 is 25.6. The van der Waals surface area contributed by atoms with Crippen molar-refractivity contribution < 1.29 is 28.8 Å². The smallest absolute Gasteiger partial charge is 0.335 e. The number of imidazole rings is 1. The van der Waals surface area contributed by atoms with Gasteiger partial charge in [-0.25, -0.2) is 14.8 Å². The van der Waals surface area contributed by atoms with Gasteiger partial charge in [0.05, 0.1) is 67.9 Å². The molecule has 0 bridgehead atoms. The molecule has 0 saturated carbocycles. The van der Waals surface area contributed by atoms with Crippen LogP contribution < -0.4 is 4.74 Å². The fourth-order valence-electron chi connectivity index (χ4n) is 7.09. The third-order valence-electron chi connectivity index (χ3n) is 9.93. The van der Waals surface area contributed by atoms with E-state index in [1.54, 1.807) is 12.1 Å². The fourth-order valence-corrected chi connectivity index (χ4v) is 7.33. The summed E-state index contributed by atoms with van der Waals surface area (Å²) in [5, 5.41) is 10.3. The van der Waals surface area contributed by atoms with Crippen LogP contribution in [0.1, 0.15) is 63.2 Å². The van der Waals surface area contributed by atoms with Crippen molar-refractivity contribution in [2.45, 2.75) is 57.1 Å². The van der Waals surface area contributed by atoms with Crippen LogP contribution in [0.5, 0.6) is 5.88 Å². The minimum Gasteiger partial charge on any atom is -0.478 e. The first-order valence-corrected chi connectivity index (χ1v) is 16.5. The number of nitrogens with zero attached hydrogens (tertiary/aromatic N) is 4. The Labute approximate surface area is 272 Å². The quantitative estimate of drug-likeness (QED) is 0.256. The highest BCUT2D eigenvalue weighted by molar-refractivity contribution is 6.31. The Bertz CT molecular complexity index is 1770. The third-order valence-corrected chi connectivity index (χ3v) is 10.3. The number of ether oxygens (including phenoxy) is 4. The van der Waals surface area contributed by atoms with Crippen LogP contribution in [0.4, 0.5) is 0 Å². The van der Waals surface area contributed by atoms with Crippen molar-refractivity contribution in [1.29, 1.82) is 0 Å². The van der Waals surface area contributed by atoms with Crippen molar-refractivity contribution in [3.8, 4) is 5.88 Å². The summed E-state index contributed by atoms with van der Waals surface area (Å²) >= 11 is 6.61. The predicted molar refractivity (Wildman–Crippen MR) is 170 cm³/mol. The summed E-state index contributed by atoms with van der Waals surface area (Å²) in [4.78, 5) is 24.1. The van der Waals surface area contributed by atoms with Crippen LogP contribution in [-0.4, -0.2) is 76.1 Å². The van der Waals surface area contributed by atoms with Gasteiger partial charge in [0.15, 0.2) is 0 Å². The molecule has 2 aromatic heterocycles. The predicted octanol–water partition coefficient (Wildman–Crippen LogP) is 5.40. The Morgan fingerprint density at radius 2 is 1.93 bits per heavy atom. The summed E-state index contributed by atoms with van der Waals surface area (Å²) in [5.74, 6) is 1.57. The number of pyridine rings is 1. The Kier molecular flexibility index (Phi) is 8.16. The second kappa shape index (κ2) is 12.6. The number of fused-ring (bicyclic) bond motifs is 4. The maximum atomic E-state index is 11.7. The average molecular weight is 645 g/mol. The van der Waals surface area contributed by atoms with Crippen molar-refractivity contribution in [1.82, 2.24) is 19.4 Å². The number of rotatable bonds is 9. The van der Waals surface area contributed by atoms with Gasteiger partial charge in [-0.05, 0) is 60.8 Å². The third kappa shape index (κ3) is 5.89. The molecule has 0 radical (unpaired) electrons. The van der Waals surface area contributed by atoms with Crippen molar-refractivity contribution in [2.24, 2.45) is 5.92 Å². The van der Waals surface area contributed by atoms with Gasteiger partial charge < -0.3 is 28.6 Å². The number of carbonyl (C=O) groups is 1. The molecule has 3 atom stereocenters. The maximum absolute atomic E-state index is 11.7. The van der Waals surface area contributed by atoms with Crippen LogP contribution in [0.3, 0.4) is 0 Å². The molecule has 3 unspecified atom stereocenters. The highest BCUT2D eigenvalue weighted by atomic mass is 35.5. The Morgan fingerprint density at radius 1 is 1.04 bits per heavy atom. The van der Waals surface area contributed by atoms with Crippen LogP contribution >= 0.6 is 11.6 Å². The van der Waals surface area contributed by atoms with Gasteiger partial charge in [-0.2, -0.15) is 0 Å². The topological polar surface area (TPSA) is 108 Å². The normalized spacial score (nSPS) is 23.2. The van der Waals surface area contributed by atoms with E-state index in [0.29, 0.717) is 49.7 Å². The van der Waals surface area contributed by atoms with Crippen molar-refractivity contribution in [3.05, 3.63) is 87.3 Å². The number of likely N-dealkylation sites (tertiary alicyclic amines) is 1. The minimum atomic E-state index is -0.938. The zero-order valence-electron chi connectivity index (χ0n) is 25.6. The van der Waals surface area contributed by atoms with Gasteiger partial charge in [-0.1, -0.05) is 23.7 Å². The molecule has 240 valence electrons. The summed E-state index contributed by atoms with van der Waals surface area (Å²) in [6.07, 6.45) is 2.07. The molecule has 2 aromatic carbocycles. The maximum Gasteiger partial charge on any atom is 0.335 e. The summed E-state index contributed by atoms with van der Waals surface area (Å²) in [5.41, 5.74) is 6.25. The molecule has 4 aliphatic heterocycles. The Hall–Kier alpha value is -3.54. The number of carboxylic acid groups (broad SMARTS) is 1. The van der Waals surface area contributed by atoms with E-state index in [2.05, 4.69) is 21.6 Å². The summed E-state index contributed by atoms with van der Waals surface area (Å²) in [7, 11) is 0. The average Bonchev–Trinajstić information content (AvgIpc) is 3.22. The van der Waals surface area contributed by atoms with Crippen molar-refractivity contribution >= 4 is 28.6 Å². The van der Waals surface area contributed by atoms with Crippen LogP contribution in [0.25, 0.3) is 11.0 Å². The van der Waals surface area contributed by atoms with Crippen LogP contribution in [0.15, 0.2) is 48.5 Å². The lowest BCUT2D eigenvalue weighted by Crippen LogP contribution is -2.41. The van der Waals surface area contributed by atoms with E-state index < -0.39 is 5.97 Å². The minimum absolute atomic E-state index is 0.127. The van der Waals surface area contributed by atoms with Gasteiger partial charge in [-0.3, -0.25) is 4.90 Å². The molecule has 3 fully saturated rings. The molecule has 46 heavy (non-hydrogen) atoms. The SMILES string of the molecule is O=C(O)c1ccc2nc(CN3CCC4c5nc(OCc6ccc(C7COC7)cc6Cl)ccc5COCC4C3)n(CC3CCO3)c2c1. The second-order valence-electron chi connectivity index (χ2n) is 12.9. The van der Waals surface area contributed by atoms with Gasteiger partial charge in [0, 0.05) is 47.6 Å². The first kappa shape index (κ1) is 29.8. The molecule has 0 aliphatic carbocycles. The molecule has 3 saturated heterocycles. The van der Waals surface area contributed by atoms with Crippen molar-refractivity contribution in [3.63, 3.8) is 0 Å². The number of aromatic carboxylic acids is 1. The molecule has 0 amide bonds. The van der Waals surface area contributed by atoms with Gasteiger partial charge in [0.1, 0.15) is 12.4 Å². The molecular formula is C35H37ClN4O6. The monoisotopic (exact) mass is 644 g/mol. The lowest BCUT2D eigenvalue weighted by molar-refractivity contribution is -0.0592. The molecule has 8 rings (SSSR count). The molecule has 4 aliphatic rings. The largest absolute Gasteiger partial charge is 0.478 e. The van der Waals surface area contributed by atoms with Gasteiger partial charge >= 0.3 is 5.97 Å². The van der Waals surface area contributed by atoms with E-state index in [1.807, 2.05) is 24.3 Å². The Morgan fingerprint density at radius 3 is 2.70 bits per heavy atom. The van der Waals surface area contributed by atoms with Gasteiger partial charge in [0.2, 0.25) is 5.88 Å². The van der Waals surface area contributed by atoms with Crippen LogP contribution in [-0.2, 0) is 40.5 Å². The number of halogens is 1. The van der Waals surface area contributed by atoms with E-state index in [1.165, 1.54) is 5.56 Å². The van der Waals surface area contributed by atoms with Crippen LogP contribution in [0, 0.1) is 5.92 Å². The molecule has 10 nitrogen and oxygen atoms in total. The standard InChI is InChI=1S/C35H37ClN4O6/c36-29-11-21(26-18-44-19-26)1-2-23(29)20-46-33-6-4-24-16-43-17-25-13-39(9-7-28(25)34(24)38-33)15-32-37-30-5-3-22(35(41)42)12-31(30)40(32)14-27-8-10-45-27/h1-6,11-12,25-28H,7-10,13-20H2,(H,41,42). The molecule has 11 heteroatoms. The summed E-state index contributed by atoms with van der Waals surface area (Å²) in [6, 6.07) is 15.4. The van der Waals surface area contributed by atoms with Crippen LogP contribution in [0.2, 0.25) is 5.02 Å². The Balaban J connectivity index is 0.973. The number of hydrogen-bond acceptors (Lipinski definition) is 8. The molecule has 0 spiro atoms.